The van der Waals surface area contributed by atoms with E-state index in [0.717, 1.165) is 11.3 Å². The van der Waals surface area contributed by atoms with Crippen LogP contribution in [0, 0.1) is 22.7 Å². The monoisotopic (exact) mass is 233 g/mol. The molecule has 86 valence electrons. The van der Waals surface area contributed by atoms with Gasteiger partial charge in [-0.05, 0) is 29.8 Å². The molecule has 1 heterocycles. The molecule has 0 spiro atoms. The molecule has 18 heavy (non-hydrogen) atoms. The summed E-state index contributed by atoms with van der Waals surface area (Å²) in [6, 6.07) is 10.4. The number of rotatable bonds is 0. The molecule has 0 fully saturated rings. The molecular formula is C15H11N3. The highest BCUT2D eigenvalue weighted by atomic mass is 15.2. The molecular weight excluding hydrogens is 222 g/mol. The standard InChI is InChI=1S/C15H11N3/c1-18-14-4-2-10(8-16)6-12(14)13-7-11(9-17)3-5-15(13)18/h2-7,12,14H,1H3. The summed E-state index contributed by atoms with van der Waals surface area (Å²) in [4.78, 5) is 2.20. The quantitative estimate of drug-likeness (QED) is 0.691. The number of allylic oxidation sites excluding steroid dienone is 2. The topological polar surface area (TPSA) is 50.8 Å². The van der Waals surface area contributed by atoms with Gasteiger partial charge in [-0.15, -0.1) is 0 Å². The summed E-state index contributed by atoms with van der Waals surface area (Å²) in [5, 5.41) is 18.0. The highest BCUT2D eigenvalue weighted by Crippen LogP contribution is 2.43. The van der Waals surface area contributed by atoms with Crippen LogP contribution >= 0.6 is 0 Å². The number of nitrogens with zero attached hydrogens (tertiary/aromatic N) is 3. The van der Waals surface area contributed by atoms with Crippen molar-refractivity contribution in [3.63, 3.8) is 0 Å². The van der Waals surface area contributed by atoms with E-state index in [-0.39, 0.29) is 12.0 Å². The molecule has 1 aliphatic heterocycles. The lowest BCUT2D eigenvalue weighted by molar-refractivity contribution is 0.720. The zero-order valence-corrected chi connectivity index (χ0v) is 9.96. The van der Waals surface area contributed by atoms with Crippen LogP contribution in [0.25, 0.3) is 0 Å². The second-order valence-corrected chi connectivity index (χ2v) is 4.61. The molecule has 1 aromatic rings. The molecule has 0 radical (unpaired) electrons. The summed E-state index contributed by atoms with van der Waals surface area (Å²) < 4.78 is 0. The Morgan fingerprint density at radius 1 is 1.22 bits per heavy atom. The fraction of sp³-hybridized carbons (Fsp3) is 0.200. The van der Waals surface area contributed by atoms with Crippen LogP contribution < -0.4 is 4.90 Å². The molecule has 2 aliphatic rings. The van der Waals surface area contributed by atoms with Gasteiger partial charge in [0.1, 0.15) is 0 Å². The Hall–Kier alpha value is -2.52. The second-order valence-electron chi connectivity index (χ2n) is 4.61. The predicted octanol–water partition coefficient (Wildman–Crippen LogP) is 2.48. The van der Waals surface area contributed by atoms with Crippen molar-refractivity contribution in [3.8, 4) is 12.1 Å². The first-order valence-electron chi connectivity index (χ1n) is 5.81. The first kappa shape index (κ1) is 10.6. The molecule has 3 rings (SSSR count). The molecule has 1 aromatic carbocycles. The van der Waals surface area contributed by atoms with Crippen molar-refractivity contribution < 1.29 is 0 Å². The fourth-order valence-electron chi connectivity index (χ4n) is 2.76. The number of benzene rings is 1. The minimum Gasteiger partial charge on any atom is -0.367 e. The molecule has 0 aromatic heterocycles. The lowest BCUT2D eigenvalue weighted by Crippen LogP contribution is -2.29. The van der Waals surface area contributed by atoms with Gasteiger partial charge in [-0.2, -0.15) is 10.5 Å². The van der Waals surface area contributed by atoms with Crippen LogP contribution in [-0.2, 0) is 0 Å². The summed E-state index contributed by atoms with van der Waals surface area (Å²) in [5.74, 6) is 0.179. The Bertz CT molecular complexity index is 655. The molecule has 2 atom stereocenters. The fourth-order valence-corrected chi connectivity index (χ4v) is 2.76. The Morgan fingerprint density at radius 2 is 2.06 bits per heavy atom. The number of fused-ring (bicyclic) bond motifs is 3. The summed E-state index contributed by atoms with van der Waals surface area (Å²) in [6.07, 6.45) is 5.93. The molecule has 1 aliphatic carbocycles. The zero-order chi connectivity index (χ0) is 12.7. The summed E-state index contributed by atoms with van der Waals surface area (Å²) in [7, 11) is 2.05. The normalized spacial score (nSPS) is 23.7. The van der Waals surface area contributed by atoms with E-state index in [1.807, 2.05) is 37.4 Å². The number of nitriles is 2. The maximum atomic E-state index is 8.99. The van der Waals surface area contributed by atoms with Crippen molar-refractivity contribution in [1.29, 1.82) is 10.5 Å². The Morgan fingerprint density at radius 3 is 2.78 bits per heavy atom. The average molecular weight is 233 g/mol. The van der Waals surface area contributed by atoms with E-state index in [0.29, 0.717) is 11.1 Å². The molecule has 2 unspecified atom stereocenters. The van der Waals surface area contributed by atoms with Crippen LogP contribution in [0.2, 0.25) is 0 Å². The van der Waals surface area contributed by atoms with Crippen molar-refractivity contribution in [2.75, 3.05) is 11.9 Å². The van der Waals surface area contributed by atoms with E-state index in [1.165, 1.54) is 0 Å². The SMILES string of the molecule is CN1c2ccc(C#N)cc2C2C=C(C#N)C=CC21. The van der Waals surface area contributed by atoms with E-state index in [9.17, 15) is 0 Å². The highest BCUT2D eigenvalue weighted by Gasteiger charge is 2.35. The first-order valence-corrected chi connectivity index (χ1v) is 5.81. The first-order chi connectivity index (χ1) is 8.74. The van der Waals surface area contributed by atoms with E-state index in [4.69, 9.17) is 10.5 Å². The van der Waals surface area contributed by atoms with Crippen LogP contribution in [0.4, 0.5) is 5.69 Å². The number of hydrogen-bond acceptors (Lipinski definition) is 3. The third kappa shape index (κ3) is 1.35. The van der Waals surface area contributed by atoms with E-state index >= 15 is 0 Å². The van der Waals surface area contributed by atoms with Crippen molar-refractivity contribution >= 4 is 5.69 Å². The van der Waals surface area contributed by atoms with Crippen LogP contribution in [-0.4, -0.2) is 13.1 Å². The van der Waals surface area contributed by atoms with Gasteiger partial charge in [0, 0.05) is 24.2 Å². The highest BCUT2D eigenvalue weighted by molar-refractivity contribution is 5.67. The van der Waals surface area contributed by atoms with Gasteiger partial charge in [0.2, 0.25) is 0 Å². The van der Waals surface area contributed by atoms with Crippen molar-refractivity contribution in [2.24, 2.45) is 0 Å². The molecule has 3 nitrogen and oxygen atoms in total. The van der Waals surface area contributed by atoms with E-state index in [1.54, 1.807) is 0 Å². The maximum Gasteiger partial charge on any atom is 0.0991 e. The van der Waals surface area contributed by atoms with Gasteiger partial charge in [0.15, 0.2) is 0 Å². The van der Waals surface area contributed by atoms with Crippen LogP contribution in [0.3, 0.4) is 0 Å². The zero-order valence-electron chi connectivity index (χ0n) is 9.96. The van der Waals surface area contributed by atoms with Gasteiger partial charge < -0.3 is 4.90 Å². The van der Waals surface area contributed by atoms with Gasteiger partial charge in [-0.25, -0.2) is 0 Å². The van der Waals surface area contributed by atoms with Crippen molar-refractivity contribution in [3.05, 3.63) is 53.1 Å². The summed E-state index contributed by atoms with van der Waals surface area (Å²) >= 11 is 0. The van der Waals surface area contributed by atoms with Gasteiger partial charge >= 0.3 is 0 Å². The van der Waals surface area contributed by atoms with E-state index in [2.05, 4.69) is 23.1 Å². The predicted molar refractivity (Wildman–Crippen MR) is 68.9 cm³/mol. The molecule has 0 saturated carbocycles. The van der Waals surface area contributed by atoms with Crippen molar-refractivity contribution in [1.82, 2.24) is 0 Å². The molecule has 0 amide bonds. The third-order valence-corrected chi connectivity index (χ3v) is 3.67. The van der Waals surface area contributed by atoms with Gasteiger partial charge in [-0.1, -0.05) is 12.2 Å². The average Bonchev–Trinajstić information content (AvgIpc) is 2.71. The minimum absolute atomic E-state index is 0.179. The maximum absolute atomic E-state index is 8.99. The molecule has 0 bridgehead atoms. The van der Waals surface area contributed by atoms with Gasteiger partial charge in [0.25, 0.3) is 0 Å². The molecule has 3 heteroatoms. The van der Waals surface area contributed by atoms with Gasteiger partial charge in [-0.3, -0.25) is 0 Å². The molecule has 0 saturated heterocycles. The Labute approximate surface area is 106 Å². The van der Waals surface area contributed by atoms with Crippen LogP contribution in [0.1, 0.15) is 17.0 Å². The number of hydrogen-bond donors (Lipinski definition) is 0. The van der Waals surface area contributed by atoms with Crippen LogP contribution in [0.5, 0.6) is 0 Å². The van der Waals surface area contributed by atoms with Gasteiger partial charge in [0.05, 0.1) is 23.7 Å². The summed E-state index contributed by atoms with van der Waals surface area (Å²) in [6.45, 7) is 0. The number of anilines is 1. The number of likely N-dealkylation sites (N-methyl/N-ethyl adjacent to an activating group) is 1. The largest absolute Gasteiger partial charge is 0.367 e. The molecule has 0 N–H and O–H groups in total. The second kappa shape index (κ2) is 3.75. The lowest BCUT2D eigenvalue weighted by Gasteiger charge is -2.24. The van der Waals surface area contributed by atoms with E-state index < -0.39 is 0 Å². The smallest absolute Gasteiger partial charge is 0.0991 e. The summed E-state index contributed by atoms with van der Waals surface area (Å²) in [5.41, 5.74) is 3.65. The van der Waals surface area contributed by atoms with Crippen LogP contribution in [0.15, 0.2) is 42.0 Å². The minimum atomic E-state index is 0.179. The Kier molecular flexibility index (Phi) is 2.21. The van der Waals surface area contributed by atoms with Crippen molar-refractivity contribution in [2.45, 2.75) is 12.0 Å². The Balaban J connectivity index is 2.15. The lowest BCUT2D eigenvalue weighted by atomic mass is 9.88. The third-order valence-electron chi connectivity index (χ3n) is 3.67.